The first-order valence-corrected chi connectivity index (χ1v) is 20.1. The fraction of sp³-hybridized carbons (Fsp3) is 0.375. The maximum atomic E-state index is 2.66. The highest BCUT2D eigenvalue weighted by atomic mass is 32.2. The third-order valence-electron chi connectivity index (χ3n) is 14.0. The summed E-state index contributed by atoms with van der Waals surface area (Å²) in [7, 11) is 0. The number of nitrogens with zero attached hydrogens (tertiary/aromatic N) is 1. The van der Waals surface area contributed by atoms with Crippen molar-refractivity contribution in [2.45, 2.75) is 98.7 Å². The molecule has 0 N–H and O–H groups in total. The van der Waals surface area contributed by atoms with E-state index in [4.69, 9.17) is 0 Å². The first-order valence-electron chi connectivity index (χ1n) is 19.2. The maximum absolute atomic E-state index is 2.66. The van der Waals surface area contributed by atoms with E-state index in [1.54, 1.807) is 11.1 Å². The fourth-order valence-corrected chi connectivity index (χ4v) is 13.0. The molecule has 4 saturated carbocycles. The van der Waals surface area contributed by atoms with Gasteiger partial charge in [-0.1, -0.05) is 112 Å². The van der Waals surface area contributed by atoms with E-state index in [-0.39, 0.29) is 16.2 Å². The molecule has 0 atom stereocenters. The van der Waals surface area contributed by atoms with Crippen molar-refractivity contribution in [3.05, 3.63) is 138 Å². The highest BCUT2D eigenvalue weighted by Gasteiger charge is 2.61. The summed E-state index contributed by atoms with van der Waals surface area (Å²) in [6.45, 7) is 9.81. The van der Waals surface area contributed by atoms with E-state index in [1.165, 1.54) is 94.1 Å². The van der Waals surface area contributed by atoms with E-state index in [0.29, 0.717) is 11.8 Å². The van der Waals surface area contributed by atoms with Gasteiger partial charge < -0.3 is 4.90 Å². The summed E-state index contributed by atoms with van der Waals surface area (Å²) < 4.78 is 0. The van der Waals surface area contributed by atoms with Gasteiger partial charge in [-0.2, -0.15) is 0 Å². The number of anilines is 3. The van der Waals surface area contributed by atoms with E-state index in [1.807, 2.05) is 11.8 Å². The van der Waals surface area contributed by atoms with Gasteiger partial charge in [-0.15, -0.1) is 0 Å². The van der Waals surface area contributed by atoms with Gasteiger partial charge in [-0.05, 0) is 150 Å². The van der Waals surface area contributed by atoms with Crippen LogP contribution in [0.25, 0.3) is 11.1 Å². The molecule has 252 valence electrons. The molecule has 1 heterocycles. The highest BCUT2D eigenvalue weighted by molar-refractivity contribution is 7.99. The van der Waals surface area contributed by atoms with Crippen LogP contribution in [0.2, 0.25) is 0 Å². The van der Waals surface area contributed by atoms with Crippen molar-refractivity contribution in [2.75, 3.05) is 4.90 Å². The second-order valence-corrected chi connectivity index (χ2v) is 18.8. The Kier molecular flexibility index (Phi) is 6.90. The zero-order valence-corrected chi connectivity index (χ0v) is 30.9. The molecule has 5 aromatic carbocycles. The zero-order chi connectivity index (χ0) is 33.8. The number of hydrogen-bond donors (Lipinski definition) is 0. The van der Waals surface area contributed by atoms with Gasteiger partial charge in [0, 0.05) is 32.1 Å². The van der Waals surface area contributed by atoms with Crippen molar-refractivity contribution in [3.63, 3.8) is 0 Å². The van der Waals surface area contributed by atoms with Gasteiger partial charge in [-0.3, -0.25) is 0 Å². The van der Waals surface area contributed by atoms with Crippen molar-refractivity contribution in [2.24, 2.45) is 23.7 Å². The molecule has 0 amide bonds. The fourth-order valence-electron chi connectivity index (χ4n) is 11.7. The second-order valence-electron chi connectivity index (χ2n) is 17.7. The molecule has 1 aliphatic heterocycles. The summed E-state index contributed by atoms with van der Waals surface area (Å²) in [6.07, 6.45) is 9.44. The Balaban J connectivity index is 1.22. The molecule has 0 aromatic heterocycles. The number of hydrogen-bond acceptors (Lipinski definition) is 2. The van der Waals surface area contributed by atoms with E-state index in [0.717, 1.165) is 11.8 Å². The molecule has 1 spiro atoms. The van der Waals surface area contributed by atoms with Gasteiger partial charge in [-0.25, -0.2) is 0 Å². The lowest BCUT2D eigenvalue weighted by atomic mass is 9.42. The van der Waals surface area contributed by atoms with Crippen LogP contribution in [0.15, 0.2) is 125 Å². The summed E-state index contributed by atoms with van der Waals surface area (Å²) in [5.74, 6) is 3.22. The molecular weight excluding hydrogens is 623 g/mol. The van der Waals surface area contributed by atoms with Gasteiger partial charge >= 0.3 is 0 Å². The zero-order valence-electron chi connectivity index (χ0n) is 30.1. The third kappa shape index (κ3) is 4.52. The summed E-state index contributed by atoms with van der Waals surface area (Å²) in [6, 6.07) is 44.5. The summed E-state index contributed by atoms with van der Waals surface area (Å²) in [5, 5.41) is 0. The standard InChI is InChI=1S/C48H49NS/c1-46(2)23-24-47(3,4)41-30-38(21-22-39(41)46)49(37-19-17-34(18-20-37)33-11-6-5-7-12-33)42-14-10-16-44-45(42)48(40-13-8-9-15-43(40)50-44)35-26-31-25-32(28-35)29-36(48)27-31/h5-22,30-32,35-36H,23-29H2,1-4H3. The molecule has 5 aromatic rings. The van der Waals surface area contributed by atoms with E-state index in [2.05, 4.69) is 148 Å². The number of fused-ring (bicyclic) bond motifs is 3. The molecule has 4 bridgehead atoms. The van der Waals surface area contributed by atoms with Crippen LogP contribution in [0.1, 0.15) is 94.9 Å². The molecule has 6 aliphatic rings. The Morgan fingerprint density at radius 2 is 1.12 bits per heavy atom. The number of rotatable bonds is 4. The molecular formula is C48H49NS. The summed E-state index contributed by atoms with van der Waals surface area (Å²) >= 11 is 2.02. The Morgan fingerprint density at radius 1 is 0.520 bits per heavy atom. The number of benzene rings is 5. The van der Waals surface area contributed by atoms with Crippen LogP contribution in [0.5, 0.6) is 0 Å². The minimum Gasteiger partial charge on any atom is -0.310 e. The molecule has 4 fully saturated rings. The minimum atomic E-state index is 0.0545. The second kappa shape index (κ2) is 11.1. The maximum Gasteiger partial charge on any atom is 0.0514 e. The van der Waals surface area contributed by atoms with Crippen LogP contribution < -0.4 is 4.90 Å². The van der Waals surface area contributed by atoms with Gasteiger partial charge in [0.15, 0.2) is 0 Å². The molecule has 0 saturated heterocycles. The van der Waals surface area contributed by atoms with Crippen molar-refractivity contribution < 1.29 is 0 Å². The van der Waals surface area contributed by atoms with Crippen LogP contribution in [-0.2, 0) is 16.2 Å². The van der Waals surface area contributed by atoms with Gasteiger partial charge in [0.25, 0.3) is 0 Å². The average molecular weight is 672 g/mol. The Bertz CT molecular complexity index is 2080. The van der Waals surface area contributed by atoms with Crippen molar-refractivity contribution in [1.82, 2.24) is 0 Å². The SMILES string of the molecule is CC1(C)CCC(C)(C)c2cc(N(c3ccc(-c4ccccc4)cc3)c3cccc4c3C3(c5ccccc5S4)C4CC5CC(C4)CC3C5)ccc21. The predicted octanol–water partition coefficient (Wildman–Crippen LogP) is 13.4. The highest BCUT2D eigenvalue weighted by Crippen LogP contribution is 2.70. The van der Waals surface area contributed by atoms with Gasteiger partial charge in [0.1, 0.15) is 0 Å². The third-order valence-corrected chi connectivity index (χ3v) is 15.1. The molecule has 5 aliphatic carbocycles. The van der Waals surface area contributed by atoms with Crippen LogP contribution in [0.4, 0.5) is 17.1 Å². The average Bonchev–Trinajstić information content (AvgIpc) is 3.12. The summed E-state index contributed by atoms with van der Waals surface area (Å²) in [5.41, 5.74) is 13.1. The molecule has 11 rings (SSSR count). The lowest BCUT2D eigenvalue weighted by Gasteiger charge is -2.63. The molecule has 0 unspecified atom stereocenters. The van der Waals surface area contributed by atoms with Crippen molar-refractivity contribution >= 4 is 28.8 Å². The van der Waals surface area contributed by atoms with E-state index < -0.39 is 0 Å². The van der Waals surface area contributed by atoms with Crippen LogP contribution in [0.3, 0.4) is 0 Å². The van der Waals surface area contributed by atoms with Gasteiger partial charge in [0.05, 0.1) is 5.69 Å². The van der Waals surface area contributed by atoms with Gasteiger partial charge in [0.2, 0.25) is 0 Å². The molecule has 2 heteroatoms. The van der Waals surface area contributed by atoms with Crippen molar-refractivity contribution in [1.29, 1.82) is 0 Å². The summed E-state index contributed by atoms with van der Waals surface area (Å²) in [4.78, 5) is 5.62. The lowest BCUT2D eigenvalue weighted by Crippen LogP contribution is -2.57. The van der Waals surface area contributed by atoms with Crippen molar-refractivity contribution in [3.8, 4) is 11.1 Å². The Morgan fingerprint density at radius 3 is 1.84 bits per heavy atom. The van der Waals surface area contributed by atoms with Crippen LogP contribution in [-0.4, -0.2) is 0 Å². The lowest BCUT2D eigenvalue weighted by molar-refractivity contribution is -0.0441. The molecule has 1 nitrogen and oxygen atoms in total. The largest absolute Gasteiger partial charge is 0.310 e. The Hall–Kier alpha value is -3.75. The first kappa shape index (κ1) is 31.0. The Labute approximate surface area is 303 Å². The smallest absolute Gasteiger partial charge is 0.0514 e. The van der Waals surface area contributed by atoms with Crippen LogP contribution in [0, 0.1) is 23.7 Å². The topological polar surface area (TPSA) is 3.24 Å². The molecule has 0 radical (unpaired) electrons. The normalized spacial score (nSPS) is 27.8. The predicted molar refractivity (Wildman–Crippen MR) is 210 cm³/mol. The first-order chi connectivity index (χ1) is 24.2. The quantitative estimate of drug-likeness (QED) is 0.187. The van der Waals surface area contributed by atoms with E-state index >= 15 is 0 Å². The van der Waals surface area contributed by atoms with Crippen LogP contribution >= 0.6 is 11.8 Å². The monoisotopic (exact) mass is 671 g/mol. The molecule has 50 heavy (non-hydrogen) atoms. The van der Waals surface area contributed by atoms with E-state index in [9.17, 15) is 0 Å². The minimum absolute atomic E-state index is 0.0545.